The topological polar surface area (TPSA) is 55.5 Å². The molecule has 3 atom stereocenters. The van der Waals surface area contributed by atoms with Crippen LogP contribution in [-0.2, 0) is 5.41 Å². The smallest absolute Gasteiger partial charge is 0.123 e. The van der Waals surface area contributed by atoms with Crippen LogP contribution in [0.2, 0.25) is 0 Å². The fraction of sp³-hybridized carbons (Fsp3) is 0.700. The molecule has 0 aliphatic heterocycles. The molecule has 0 amide bonds. The van der Waals surface area contributed by atoms with E-state index in [-0.39, 0.29) is 17.4 Å². The van der Waals surface area contributed by atoms with Gasteiger partial charge >= 0.3 is 0 Å². The second kappa shape index (κ2) is 8.70. The SMILES string of the molecule is CCCC(N)C(O)CC(C)c1ccc(OCC)c(C(C)(C)C)c1. The van der Waals surface area contributed by atoms with Crippen molar-refractivity contribution in [3.8, 4) is 5.75 Å². The molecule has 132 valence electrons. The number of hydrogen-bond acceptors (Lipinski definition) is 3. The van der Waals surface area contributed by atoms with Crippen LogP contribution in [0.15, 0.2) is 18.2 Å². The summed E-state index contributed by atoms with van der Waals surface area (Å²) in [6, 6.07) is 6.28. The quantitative estimate of drug-likeness (QED) is 0.748. The molecule has 0 aliphatic carbocycles. The molecule has 1 rings (SSSR count). The Morgan fingerprint density at radius 2 is 1.87 bits per heavy atom. The molecule has 23 heavy (non-hydrogen) atoms. The van der Waals surface area contributed by atoms with Crippen LogP contribution in [0.5, 0.6) is 5.75 Å². The van der Waals surface area contributed by atoms with Crippen molar-refractivity contribution in [2.24, 2.45) is 5.73 Å². The van der Waals surface area contributed by atoms with Crippen LogP contribution in [-0.4, -0.2) is 23.9 Å². The number of rotatable bonds is 8. The molecule has 0 saturated carbocycles. The second-order valence-electron chi connectivity index (χ2n) is 7.60. The summed E-state index contributed by atoms with van der Waals surface area (Å²) in [7, 11) is 0. The Labute approximate surface area is 142 Å². The predicted octanol–water partition coefficient (Wildman–Crippen LogP) is 4.36. The summed E-state index contributed by atoms with van der Waals surface area (Å²) in [5.74, 6) is 1.23. The van der Waals surface area contributed by atoms with E-state index < -0.39 is 6.10 Å². The molecule has 1 aromatic rings. The maximum atomic E-state index is 10.3. The highest BCUT2D eigenvalue weighted by Crippen LogP contribution is 2.35. The molecule has 0 radical (unpaired) electrons. The number of benzene rings is 1. The molecule has 0 bridgehead atoms. The van der Waals surface area contributed by atoms with Gasteiger partial charge in [0.05, 0.1) is 12.7 Å². The van der Waals surface area contributed by atoms with Crippen molar-refractivity contribution in [3.05, 3.63) is 29.3 Å². The minimum Gasteiger partial charge on any atom is -0.494 e. The first-order valence-electron chi connectivity index (χ1n) is 8.91. The third-order valence-electron chi connectivity index (χ3n) is 4.39. The molecule has 1 aromatic carbocycles. The van der Waals surface area contributed by atoms with Gasteiger partial charge in [0, 0.05) is 6.04 Å². The van der Waals surface area contributed by atoms with Crippen LogP contribution >= 0.6 is 0 Å². The van der Waals surface area contributed by atoms with E-state index in [2.05, 4.69) is 52.8 Å². The van der Waals surface area contributed by atoms with Crippen molar-refractivity contribution >= 4 is 0 Å². The second-order valence-corrected chi connectivity index (χ2v) is 7.60. The highest BCUT2D eigenvalue weighted by Gasteiger charge is 2.23. The molecule has 3 N–H and O–H groups in total. The fourth-order valence-electron chi connectivity index (χ4n) is 2.92. The van der Waals surface area contributed by atoms with Crippen LogP contribution in [0.3, 0.4) is 0 Å². The van der Waals surface area contributed by atoms with Crippen molar-refractivity contribution < 1.29 is 9.84 Å². The van der Waals surface area contributed by atoms with Crippen molar-refractivity contribution in [1.82, 2.24) is 0 Å². The number of aliphatic hydroxyl groups excluding tert-OH is 1. The number of aliphatic hydroxyl groups is 1. The van der Waals surface area contributed by atoms with E-state index >= 15 is 0 Å². The molecular weight excluding hydrogens is 286 g/mol. The Morgan fingerprint density at radius 3 is 2.39 bits per heavy atom. The van der Waals surface area contributed by atoms with Gasteiger partial charge in [-0.2, -0.15) is 0 Å². The van der Waals surface area contributed by atoms with Crippen LogP contribution in [0.25, 0.3) is 0 Å². The normalized spacial score (nSPS) is 16.0. The minimum absolute atomic E-state index is 0.0253. The lowest BCUT2D eigenvalue weighted by molar-refractivity contribution is 0.124. The Kier molecular flexibility index (Phi) is 7.56. The van der Waals surface area contributed by atoms with Gasteiger partial charge in [-0.1, -0.05) is 53.2 Å². The van der Waals surface area contributed by atoms with E-state index in [0.29, 0.717) is 13.0 Å². The van der Waals surface area contributed by atoms with Crippen molar-refractivity contribution in [1.29, 1.82) is 0 Å². The third kappa shape index (κ3) is 5.82. The van der Waals surface area contributed by atoms with E-state index in [1.54, 1.807) is 0 Å². The molecule has 3 heteroatoms. The fourth-order valence-corrected chi connectivity index (χ4v) is 2.92. The Bertz CT molecular complexity index is 479. The summed E-state index contributed by atoms with van der Waals surface area (Å²) >= 11 is 0. The molecule has 0 fully saturated rings. The molecule has 0 heterocycles. The summed E-state index contributed by atoms with van der Waals surface area (Å²) in [5, 5.41) is 10.3. The standard InChI is InChI=1S/C20H35NO2/c1-7-9-17(21)18(22)12-14(3)15-10-11-19(23-8-2)16(13-15)20(4,5)6/h10-11,13-14,17-18,22H,7-9,12,21H2,1-6H3. The summed E-state index contributed by atoms with van der Waals surface area (Å²) in [6.45, 7) is 13.5. The molecule has 3 nitrogen and oxygen atoms in total. The lowest BCUT2D eigenvalue weighted by Crippen LogP contribution is -2.35. The van der Waals surface area contributed by atoms with Crippen LogP contribution in [0.1, 0.15) is 77.8 Å². The zero-order chi connectivity index (χ0) is 17.6. The lowest BCUT2D eigenvalue weighted by Gasteiger charge is -2.26. The average molecular weight is 322 g/mol. The van der Waals surface area contributed by atoms with E-state index in [1.165, 1.54) is 11.1 Å². The Hall–Kier alpha value is -1.06. The first-order chi connectivity index (χ1) is 10.7. The largest absolute Gasteiger partial charge is 0.494 e. The molecule has 0 aliphatic rings. The number of ether oxygens (including phenoxy) is 1. The highest BCUT2D eigenvalue weighted by molar-refractivity contribution is 5.42. The Balaban J connectivity index is 2.95. The van der Waals surface area contributed by atoms with Gasteiger partial charge in [0.25, 0.3) is 0 Å². The zero-order valence-electron chi connectivity index (χ0n) is 15.7. The molecular formula is C20H35NO2. The van der Waals surface area contributed by atoms with E-state index in [1.807, 2.05) is 6.92 Å². The van der Waals surface area contributed by atoms with E-state index in [4.69, 9.17) is 10.5 Å². The molecule has 0 saturated heterocycles. The van der Waals surface area contributed by atoms with Crippen molar-refractivity contribution in [2.75, 3.05) is 6.61 Å². The summed E-state index contributed by atoms with van der Waals surface area (Å²) in [5.41, 5.74) is 8.53. The van der Waals surface area contributed by atoms with Crippen LogP contribution < -0.4 is 10.5 Å². The van der Waals surface area contributed by atoms with Gasteiger partial charge in [-0.3, -0.25) is 0 Å². The highest BCUT2D eigenvalue weighted by atomic mass is 16.5. The van der Waals surface area contributed by atoms with Gasteiger partial charge < -0.3 is 15.6 Å². The summed E-state index contributed by atoms with van der Waals surface area (Å²) < 4.78 is 5.78. The van der Waals surface area contributed by atoms with Gasteiger partial charge in [-0.05, 0) is 48.3 Å². The first kappa shape index (κ1) is 20.0. The molecule has 0 aromatic heterocycles. The van der Waals surface area contributed by atoms with Gasteiger partial charge in [-0.25, -0.2) is 0 Å². The monoisotopic (exact) mass is 321 g/mol. The minimum atomic E-state index is -0.449. The predicted molar refractivity (Wildman–Crippen MR) is 98.2 cm³/mol. The summed E-state index contributed by atoms with van der Waals surface area (Å²) in [4.78, 5) is 0. The van der Waals surface area contributed by atoms with Gasteiger partial charge in [-0.15, -0.1) is 0 Å². The third-order valence-corrected chi connectivity index (χ3v) is 4.39. The number of nitrogens with two attached hydrogens (primary N) is 1. The van der Waals surface area contributed by atoms with E-state index in [9.17, 15) is 5.11 Å². The first-order valence-corrected chi connectivity index (χ1v) is 8.91. The molecule has 0 spiro atoms. The lowest BCUT2D eigenvalue weighted by atomic mass is 9.82. The molecule has 3 unspecified atom stereocenters. The van der Waals surface area contributed by atoms with E-state index in [0.717, 1.165) is 18.6 Å². The Morgan fingerprint density at radius 1 is 1.22 bits per heavy atom. The maximum Gasteiger partial charge on any atom is 0.123 e. The van der Waals surface area contributed by atoms with Crippen LogP contribution in [0, 0.1) is 0 Å². The van der Waals surface area contributed by atoms with Gasteiger partial charge in [0.2, 0.25) is 0 Å². The maximum absolute atomic E-state index is 10.3. The van der Waals surface area contributed by atoms with Crippen molar-refractivity contribution in [2.45, 2.75) is 84.3 Å². The summed E-state index contributed by atoms with van der Waals surface area (Å²) in [6.07, 6.45) is 2.11. The van der Waals surface area contributed by atoms with Crippen molar-refractivity contribution in [3.63, 3.8) is 0 Å². The zero-order valence-corrected chi connectivity index (χ0v) is 15.7. The van der Waals surface area contributed by atoms with Gasteiger partial charge in [0.15, 0.2) is 0 Å². The number of hydrogen-bond donors (Lipinski definition) is 2. The average Bonchev–Trinajstić information content (AvgIpc) is 2.46. The van der Waals surface area contributed by atoms with Gasteiger partial charge in [0.1, 0.15) is 5.75 Å². The van der Waals surface area contributed by atoms with Crippen LogP contribution in [0.4, 0.5) is 0 Å².